The number of allylic oxidation sites excluding steroid dienone is 5. The van der Waals surface area contributed by atoms with Gasteiger partial charge in [-0.3, -0.25) is 0 Å². The summed E-state index contributed by atoms with van der Waals surface area (Å²) in [5.41, 5.74) is 6.42. The molecule has 0 amide bonds. The van der Waals surface area contributed by atoms with Crippen LogP contribution in [0.5, 0.6) is 0 Å². The minimum Gasteiger partial charge on any atom is -0.102 e. The van der Waals surface area contributed by atoms with Gasteiger partial charge < -0.3 is 0 Å². The smallest absolute Gasteiger partial charge is 0.00685 e. The third-order valence-electron chi connectivity index (χ3n) is 3.79. The summed E-state index contributed by atoms with van der Waals surface area (Å²) in [5, 5.41) is 0. The zero-order chi connectivity index (χ0) is 11.6. The molecule has 0 nitrogen and oxygen atoms in total. The van der Waals surface area contributed by atoms with Gasteiger partial charge in [0.25, 0.3) is 0 Å². The van der Waals surface area contributed by atoms with Crippen LogP contribution in [0.2, 0.25) is 0 Å². The molecular formula is C15H24. The van der Waals surface area contributed by atoms with Gasteiger partial charge in [-0.1, -0.05) is 35.3 Å². The van der Waals surface area contributed by atoms with E-state index in [4.69, 9.17) is 0 Å². The predicted molar refractivity (Wildman–Crippen MR) is 68.9 cm³/mol. The molecule has 0 aromatic carbocycles. The molecule has 1 fully saturated rings. The molecule has 0 saturated heterocycles. The fourth-order valence-corrected chi connectivity index (χ4v) is 2.47. The summed E-state index contributed by atoms with van der Waals surface area (Å²) in [5.74, 6) is 0. The third-order valence-corrected chi connectivity index (χ3v) is 3.79. The molecule has 0 aliphatic heterocycles. The standard InChI is InChI=1S/C15H24/c1-7-15(6)9-8-13(11(2)3)10-14(15)12(4)5/h7H,1,8-10H2,2-6H3/t15-/m0/s1. The topological polar surface area (TPSA) is 0 Å². The zero-order valence-corrected chi connectivity index (χ0v) is 10.9. The lowest BCUT2D eigenvalue weighted by atomic mass is 9.68. The Balaban J connectivity index is 3.11. The number of rotatable bonds is 1. The van der Waals surface area contributed by atoms with E-state index < -0.39 is 0 Å². The van der Waals surface area contributed by atoms with E-state index in [1.165, 1.54) is 24.0 Å². The summed E-state index contributed by atoms with van der Waals surface area (Å²) >= 11 is 0. The SMILES string of the molecule is C=C[C@@]1(C)CCC(=C(C)C)CC1=C(C)C. The van der Waals surface area contributed by atoms with Crippen LogP contribution in [0.25, 0.3) is 0 Å². The number of hydrogen-bond donors (Lipinski definition) is 0. The first-order chi connectivity index (χ1) is 6.90. The lowest BCUT2D eigenvalue weighted by Gasteiger charge is -2.37. The van der Waals surface area contributed by atoms with Gasteiger partial charge >= 0.3 is 0 Å². The van der Waals surface area contributed by atoms with Gasteiger partial charge in [0.1, 0.15) is 0 Å². The van der Waals surface area contributed by atoms with Crippen molar-refractivity contribution < 1.29 is 0 Å². The second kappa shape index (κ2) is 4.38. The van der Waals surface area contributed by atoms with E-state index in [-0.39, 0.29) is 5.41 Å². The van der Waals surface area contributed by atoms with E-state index in [9.17, 15) is 0 Å². The number of hydrogen-bond acceptors (Lipinski definition) is 0. The van der Waals surface area contributed by atoms with Crippen LogP contribution in [-0.4, -0.2) is 0 Å². The van der Waals surface area contributed by atoms with E-state index in [2.05, 4.69) is 47.3 Å². The summed E-state index contributed by atoms with van der Waals surface area (Å²) in [7, 11) is 0. The maximum absolute atomic E-state index is 4.01. The summed E-state index contributed by atoms with van der Waals surface area (Å²) in [4.78, 5) is 0. The average molecular weight is 204 g/mol. The molecule has 0 unspecified atom stereocenters. The molecular weight excluding hydrogens is 180 g/mol. The summed E-state index contributed by atoms with van der Waals surface area (Å²) in [6.45, 7) is 15.2. The van der Waals surface area contributed by atoms with Crippen molar-refractivity contribution >= 4 is 0 Å². The first-order valence-corrected chi connectivity index (χ1v) is 5.86. The Morgan fingerprint density at radius 2 is 1.80 bits per heavy atom. The lowest BCUT2D eigenvalue weighted by Crippen LogP contribution is -2.23. The Morgan fingerprint density at radius 1 is 1.20 bits per heavy atom. The van der Waals surface area contributed by atoms with Crippen molar-refractivity contribution in [3.8, 4) is 0 Å². The molecule has 0 aromatic heterocycles. The van der Waals surface area contributed by atoms with E-state index in [0.29, 0.717) is 0 Å². The van der Waals surface area contributed by atoms with Gasteiger partial charge in [-0.2, -0.15) is 0 Å². The summed E-state index contributed by atoms with van der Waals surface area (Å²) in [6.07, 6.45) is 5.75. The Morgan fingerprint density at radius 3 is 2.20 bits per heavy atom. The van der Waals surface area contributed by atoms with Crippen molar-refractivity contribution in [2.24, 2.45) is 5.41 Å². The predicted octanol–water partition coefficient (Wildman–Crippen LogP) is 5.04. The fourth-order valence-electron chi connectivity index (χ4n) is 2.47. The van der Waals surface area contributed by atoms with E-state index in [0.717, 1.165) is 6.42 Å². The van der Waals surface area contributed by atoms with Crippen LogP contribution in [-0.2, 0) is 0 Å². The quantitative estimate of drug-likeness (QED) is 0.525. The van der Waals surface area contributed by atoms with Gasteiger partial charge in [-0.25, -0.2) is 0 Å². The van der Waals surface area contributed by atoms with Crippen molar-refractivity contribution in [1.29, 1.82) is 0 Å². The molecule has 1 saturated carbocycles. The lowest BCUT2D eigenvalue weighted by molar-refractivity contribution is 0.420. The van der Waals surface area contributed by atoms with Crippen molar-refractivity contribution in [3.63, 3.8) is 0 Å². The Labute approximate surface area is 94.8 Å². The monoisotopic (exact) mass is 204 g/mol. The molecule has 1 aliphatic carbocycles. The molecule has 1 rings (SSSR count). The summed E-state index contributed by atoms with van der Waals surface area (Å²) < 4.78 is 0. The highest BCUT2D eigenvalue weighted by Gasteiger charge is 2.31. The highest BCUT2D eigenvalue weighted by Crippen LogP contribution is 2.45. The molecule has 0 heteroatoms. The van der Waals surface area contributed by atoms with Crippen molar-refractivity contribution in [3.05, 3.63) is 34.9 Å². The fraction of sp³-hybridized carbons (Fsp3) is 0.600. The molecule has 15 heavy (non-hydrogen) atoms. The summed E-state index contributed by atoms with van der Waals surface area (Å²) in [6, 6.07) is 0. The highest BCUT2D eigenvalue weighted by atomic mass is 14.4. The van der Waals surface area contributed by atoms with Crippen molar-refractivity contribution in [2.45, 2.75) is 53.9 Å². The minimum atomic E-state index is 0.234. The average Bonchev–Trinajstić information content (AvgIpc) is 2.17. The molecule has 0 spiro atoms. The van der Waals surface area contributed by atoms with Gasteiger partial charge in [0.15, 0.2) is 0 Å². The molecule has 0 bridgehead atoms. The van der Waals surface area contributed by atoms with Gasteiger partial charge in [0.2, 0.25) is 0 Å². The first kappa shape index (κ1) is 12.3. The third kappa shape index (κ3) is 2.42. The van der Waals surface area contributed by atoms with Crippen LogP contribution < -0.4 is 0 Å². The van der Waals surface area contributed by atoms with Crippen LogP contribution in [0.1, 0.15) is 53.9 Å². The van der Waals surface area contributed by atoms with Crippen molar-refractivity contribution in [1.82, 2.24) is 0 Å². The van der Waals surface area contributed by atoms with Crippen LogP contribution in [0.4, 0.5) is 0 Å². The Hall–Kier alpha value is -0.780. The molecule has 1 aliphatic rings. The molecule has 0 aromatic rings. The van der Waals surface area contributed by atoms with E-state index in [1.54, 1.807) is 11.1 Å². The van der Waals surface area contributed by atoms with Crippen LogP contribution in [0.15, 0.2) is 34.9 Å². The van der Waals surface area contributed by atoms with Gasteiger partial charge in [-0.05, 0) is 47.0 Å². The molecule has 0 heterocycles. The maximum atomic E-state index is 4.01. The van der Waals surface area contributed by atoms with E-state index >= 15 is 0 Å². The maximum Gasteiger partial charge on any atom is 0.00685 e. The van der Waals surface area contributed by atoms with Gasteiger partial charge in [0, 0.05) is 5.41 Å². The zero-order valence-electron chi connectivity index (χ0n) is 10.9. The first-order valence-electron chi connectivity index (χ1n) is 5.86. The minimum absolute atomic E-state index is 0.234. The molecule has 84 valence electrons. The Bertz CT molecular complexity index is 320. The second-order valence-corrected chi connectivity index (χ2v) is 5.38. The molecule has 0 radical (unpaired) electrons. The highest BCUT2D eigenvalue weighted by molar-refractivity contribution is 5.34. The molecule has 0 N–H and O–H groups in total. The van der Waals surface area contributed by atoms with Crippen molar-refractivity contribution in [2.75, 3.05) is 0 Å². The normalized spacial score (nSPS) is 26.5. The van der Waals surface area contributed by atoms with Crippen LogP contribution in [0.3, 0.4) is 0 Å². The Kier molecular flexibility index (Phi) is 3.59. The van der Waals surface area contributed by atoms with Crippen LogP contribution >= 0.6 is 0 Å². The molecule has 1 atom stereocenters. The second-order valence-electron chi connectivity index (χ2n) is 5.38. The van der Waals surface area contributed by atoms with Gasteiger partial charge in [-0.15, -0.1) is 6.58 Å². The van der Waals surface area contributed by atoms with Crippen LogP contribution in [0, 0.1) is 5.41 Å². The largest absolute Gasteiger partial charge is 0.102 e. The van der Waals surface area contributed by atoms with E-state index in [1.807, 2.05) is 0 Å². The van der Waals surface area contributed by atoms with Gasteiger partial charge in [0.05, 0.1) is 0 Å².